The molecular weight excluding hydrogens is 246 g/mol. The van der Waals surface area contributed by atoms with Crippen molar-refractivity contribution in [2.75, 3.05) is 14.1 Å². The first-order chi connectivity index (χ1) is 8.55. The summed E-state index contributed by atoms with van der Waals surface area (Å²) < 4.78 is -0.681. The first-order valence-electron chi connectivity index (χ1n) is 6.39. The van der Waals surface area contributed by atoms with E-state index in [9.17, 15) is 15.6 Å². The van der Waals surface area contributed by atoms with Crippen molar-refractivity contribution in [1.82, 2.24) is 5.23 Å². The molecule has 0 fully saturated rings. The van der Waals surface area contributed by atoms with Crippen molar-refractivity contribution in [1.29, 1.82) is 0 Å². The molecule has 0 aromatic rings. The molecular formula is C13H24N3O3-. The smallest absolute Gasteiger partial charge is 0.128 e. The lowest BCUT2D eigenvalue weighted by molar-refractivity contribution is -0.861. The highest BCUT2D eigenvalue weighted by molar-refractivity contribution is 5.20. The SMILES string of the molecule is CC(N)CC1(C)C=CC([N+](C)(C)[O-])[C@H](N([O-])O)C=C1. The van der Waals surface area contributed by atoms with Gasteiger partial charge in [0, 0.05) is 11.5 Å². The second kappa shape index (κ2) is 5.70. The summed E-state index contributed by atoms with van der Waals surface area (Å²) in [5, 5.41) is 32.4. The Bertz CT molecular complexity index is 361. The average Bonchev–Trinajstić information content (AvgIpc) is 2.35. The highest BCUT2D eigenvalue weighted by atomic mass is 16.8. The van der Waals surface area contributed by atoms with Gasteiger partial charge in [-0.1, -0.05) is 25.2 Å². The summed E-state index contributed by atoms with van der Waals surface area (Å²) in [6.07, 6.45) is 7.75. The molecule has 0 aromatic carbocycles. The van der Waals surface area contributed by atoms with Gasteiger partial charge in [-0.3, -0.25) is 5.23 Å². The van der Waals surface area contributed by atoms with Crippen LogP contribution in [0.2, 0.25) is 0 Å². The Morgan fingerprint density at radius 1 is 1.42 bits per heavy atom. The van der Waals surface area contributed by atoms with Gasteiger partial charge in [-0.15, -0.1) is 0 Å². The second-order valence-corrected chi connectivity index (χ2v) is 6.12. The van der Waals surface area contributed by atoms with Gasteiger partial charge in [0.15, 0.2) is 0 Å². The molecule has 3 unspecified atom stereocenters. The first-order valence-corrected chi connectivity index (χ1v) is 6.39. The van der Waals surface area contributed by atoms with Gasteiger partial charge in [-0.05, 0) is 19.4 Å². The monoisotopic (exact) mass is 270 g/mol. The van der Waals surface area contributed by atoms with Crippen LogP contribution in [0.25, 0.3) is 0 Å². The molecule has 19 heavy (non-hydrogen) atoms. The maximum atomic E-state index is 12.1. The molecule has 0 heterocycles. The third-order valence-corrected chi connectivity index (χ3v) is 3.43. The van der Waals surface area contributed by atoms with Crippen LogP contribution in [0.3, 0.4) is 0 Å². The number of quaternary nitrogens is 1. The van der Waals surface area contributed by atoms with Crippen LogP contribution in [0.15, 0.2) is 24.3 Å². The van der Waals surface area contributed by atoms with E-state index in [4.69, 9.17) is 5.73 Å². The van der Waals surface area contributed by atoms with Gasteiger partial charge in [-0.2, -0.15) is 0 Å². The van der Waals surface area contributed by atoms with Crippen molar-refractivity contribution < 1.29 is 9.85 Å². The number of nitrogens with two attached hydrogens (primary N) is 1. The average molecular weight is 270 g/mol. The predicted octanol–water partition coefficient (Wildman–Crippen LogP) is 1.36. The number of nitrogens with zero attached hydrogens (tertiary/aromatic N) is 2. The van der Waals surface area contributed by atoms with Gasteiger partial charge < -0.3 is 26.0 Å². The van der Waals surface area contributed by atoms with E-state index < -0.39 is 16.7 Å². The fraction of sp³-hybridized carbons (Fsp3) is 0.692. The van der Waals surface area contributed by atoms with E-state index in [-0.39, 0.29) is 16.7 Å². The van der Waals surface area contributed by atoms with Crippen LogP contribution in [-0.4, -0.2) is 47.3 Å². The van der Waals surface area contributed by atoms with Crippen molar-refractivity contribution in [2.24, 2.45) is 11.1 Å². The number of hydrogen-bond donors (Lipinski definition) is 2. The third kappa shape index (κ3) is 4.38. The maximum Gasteiger partial charge on any atom is 0.128 e. The molecule has 0 aromatic heterocycles. The van der Waals surface area contributed by atoms with E-state index in [1.165, 1.54) is 14.1 Å². The summed E-state index contributed by atoms with van der Waals surface area (Å²) in [6.45, 7) is 3.90. The number of likely N-dealkylation sites (N-methyl/N-ethyl adjacent to an activating group) is 1. The van der Waals surface area contributed by atoms with Gasteiger partial charge in [0.05, 0.1) is 20.1 Å². The van der Waals surface area contributed by atoms with E-state index in [1.807, 2.05) is 26.0 Å². The Labute approximate surface area is 114 Å². The van der Waals surface area contributed by atoms with E-state index in [0.29, 0.717) is 6.42 Å². The molecule has 1 rings (SSSR count). The number of allylic oxidation sites excluding steroid dienone is 2. The van der Waals surface area contributed by atoms with Crippen molar-refractivity contribution in [3.63, 3.8) is 0 Å². The quantitative estimate of drug-likeness (QED) is 0.457. The van der Waals surface area contributed by atoms with Crippen molar-refractivity contribution >= 4 is 0 Å². The Morgan fingerprint density at radius 3 is 2.37 bits per heavy atom. The van der Waals surface area contributed by atoms with Crippen LogP contribution in [0.1, 0.15) is 20.3 Å². The topological polar surface area (TPSA) is 95.6 Å². The first kappa shape index (κ1) is 16.3. The van der Waals surface area contributed by atoms with E-state index >= 15 is 0 Å². The third-order valence-electron chi connectivity index (χ3n) is 3.43. The molecule has 3 N–H and O–H groups in total. The molecule has 6 heteroatoms. The van der Waals surface area contributed by atoms with Crippen LogP contribution in [0.5, 0.6) is 0 Å². The minimum atomic E-state index is -0.890. The fourth-order valence-electron chi connectivity index (χ4n) is 2.53. The second-order valence-electron chi connectivity index (χ2n) is 6.12. The molecule has 1 aliphatic rings. The van der Waals surface area contributed by atoms with Crippen LogP contribution < -0.4 is 5.73 Å². The Balaban J connectivity index is 3.10. The lowest BCUT2D eigenvalue weighted by atomic mass is 9.84. The summed E-state index contributed by atoms with van der Waals surface area (Å²) in [7, 11) is 2.90. The van der Waals surface area contributed by atoms with Gasteiger partial charge >= 0.3 is 0 Å². The van der Waals surface area contributed by atoms with Gasteiger partial charge in [-0.25, -0.2) is 0 Å². The Hall–Kier alpha value is -0.760. The standard InChI is InChI=1S/C13H24N3O3/c1-10(14)9-13(2)7-5-11(15(17)18)12(6-8-13)16(3,4)19/h5-8,10-12,17H,9,14H2,1-4H3/q-1/t10?,11-,12?,13?/m1/s1. The zero-order chi connectivity index (χ0) is 14.8. The largest absolute Gasteiger partial charge is 0.762 e. The maximum absolute atomic E-state index is 12.1. The minimum Gasteiger partial charge on any atom is -0.762 e. The zero-order valence-corrected chi connectivity index (χ0v) is 12.0. The van der Waals surface area contributed by atoms with Crippen LogP contribution in [-0.2, 0) is 0 Å². The zero-order valence-electron chi connectivity index (χ0n) is 12.0. The molecule has 0 amide bonds. The summed E-state index contributed by atoms with van der Waals surface area (Å²) >= 11 is 0. The number of hydrogen-bond acceptors (Lipinski definition) is 5. The molecule has 110 valence electrons. The van der Waals surface area contributed by atoms with Crippen LogP contribution >= 0.6 is 0 Å². The molecule has 1 aliphatic carbocycles. The van der Waals surface area contributed by atoms with Gasteiger partial charge in [0.2, 0.25) is 0 Å². The highest BCUT2D eigenvalue weighted by Gasteiger charge is 2.32. The van der Waals surface area contributed by atoms with Crippen LogP contribution in [0, 0.1) is 15.8 Å². The number of rotatable bonds is 4. The molecule has 0 spiro atoms. The van der Waals surface area contributed by atoms with Gasteiger partial charge in [0.1, 0.15) is 6.04 Å². The van der Waals surface area contributed by atoms with E-state index in [2.05, 4.69) is 0 Å². The lowest BCUT2D eigenvalue weighted by Crippen LogP contribution is -2.52. The van der Waals surface area contributed by atoms with E-state index in [0.717, 1.165) is 0 Å². The molecule has 0 saturated heterocycles. The summed E-state index contributed by atoms with van der Waals surface area (Å²) in [5.74, 6) is 0. The Morgan fingerprint density at radius 2 is 1.95 bits per heavy atom. The summed E-state index contributed by atoms with van der Waals surface area (Å²) in [5.41, 5.74) is 5.51. The molecule has 0 bridgehead atoms. The summed E-state index contributed by atoms with van der Waals surface area (Å²) in [6, 6.07) is -1.55. The molecule has 0 aliphatic heterocycles. The predicted molar refractivity (Wildman–Crippen MR) is 74.7 cm³/mol. The van der Waals surface area contributed by atoms with Gasteiger partial charge in [0.25, 0.3) is 0 Å². The molecule has 4 atom stereocenters. The highest BCUT2D eigenvalue weighted by Crippen LogP contribution is 2.31. The molecule has 0 radical (unpaired) electrons. The van der Waals surface area contributed by atoms with Crippen molar-refractivity contribution in [3.05, 3.63) is 34.7 Å². The summed E-state index contributed by atoms with van der Waals surface area (Å²) in [4.78, 5) is 0. The number of hydroxylamine groups is 5. The Kier molecular flexibility index (Phi) is 4.89. The van der Waals surface area contributed by atoms with E-state index in [1.54, 1.807) is 12.2 Å². The minimum absolute atomic E-state index is 0.00142. The normalized spacial score (nSPS) is 33.5. The lowest BCUT2D eigenvalue weighted by Gasteiger charge is -2.46. The fourth-order valence-corrected chi connectivity index (χ4v) is 2.53. The van der Waals surface area contributed by atoms with Crippen molar-refractivity contribution in [3.8, 4) is 0 Å². The molecule has 0 saturated carbocycles. The molecule has 6 nitrogen and oxygen atoms in total. The van der Waals surface area contributed by atoms with Crippen molar-refractivity contribution in [2.45, 2.75) is 38.4 Å². The van der Waals surface area contributed by atoms with Crippen LogP contribution in [0.4, 0.5) is 0 Å².